The molecule has 0 spiro atoms. The molecule has 2 N–H and O–H groups in total. The van der Waals surface area contributed by atoms with Gasteiger partial charge in [0.15, 0.2) is 0 Å². The van der Waals surface area contributed by atoms with E-state index >= 15 is 0 Å². The number of aryl methyl sites for hydroxylation is 2. The second kappa shape index (κ2) is 6.41. The fourth-order valence-corrected chi connectivity index (χ4v) is 3.35. The molecule has 0 atom stereocenters. The highest BCUT2D eigenvalue weighted by atomic mass is 79.9. The number of carbonyl (C=O) groups excluding carboxylic acids is 1. The van der Waals surface area contributed by atoms with Crippen LogP contribution >= 0.6 is 31.9 Å². The van der Waals surface area contributed by atoms with Gasteiger partial charge in [0.25, 0.3) is 0 Å². The van der Waals surface area contributed by atoms with E-state index in [2.05, 4.69) is 42.5 Å². The number of halogens is 2. The van der Waals surface area contributed by atoms with Gasteiger partial charge in [0.2, 0.25) is 0 Å². The van der Waals surface area contributed by atoms with Crippen LogP contribution in [-0.4, -0.2) is 6.03 Å². The molecule has 0 unspecified atom stereocenters. The quantitative estimate of drug-likeness (QED) is 0.692. The van der Waals surface area contributed by atoms with Gasteiger partial charge >= 0.3 is 6.03 Å². The summed E-state index contributed by atoms with van der Waals surface area (Å²) in [5, 5.41) is 5.62. The van der Waals surface area contributed by atoms with Crippen molar-refractivity contribution < 1.29 is 4.79 Å². The lowest BCUT2D eigenvalue weighted by Gasteiger charge is -2.12. The number of anilines is 2. The van der Waals surface area contributed by atoms with Crippen molar-refractivity contribution in [1.29, 1.82) is 0 Å². The van der Waals surface area contributed by atoms with Crippen molar-refractivity contribution >= 4 is 49.3 Å². The monoisotopic (exact) mass is 396 g/mol. The van der Waals surface area contributed by atoms with Crippen LogP contribution in [0.25, 0.3) is 0 Å². The van der Waals surface area contributed by atoms with Crippen LogP contribution in [0.4, 0.5) is 16.2 Å². The summed E-state index contributed by atoms with van der Waals surface area (Å²) >= 11 is 6.90. The first-order chi connectivity index (χ1) is 9.45. The average molecular weight is 398 g/mol. The molecule has 2 rings (SSSR count). The van der Waals surface area contributed by atoms with E-state index in [9.17, 15) is 4.79 Å². The molecule has 20 heavy (non-hydrogen) atoms. The van der Waals surface area contributed by atoms with Crippen LogP contribution in [0.5, 0.6) is 0 Å². The molecule has 2 aromatic rings. The van der Waals surface area contributed by atoms with Crippen LogP contribution in [0, 0.1) is 13.8 Å². The zero-order chi connectivity index (χ0) is 14.7. The molecule has 0 bridgehead atoms. The number of rotatable bonds is 2. The van der Waals surface area contributed by atoms with E-state index in [-0.39, 0.29) is 6.03 Å². The van der Waals surface area contributed by atoms with E-state index in [1.54, 1.807) is 0 Å². The smallest absolute Gasteiger partial charge is 0.308 e. The van der Waals surface area contributed by atoms with Crippen LogP contribution in [0.15, 0.2) is 45.3 Å². The van der Waals surface area contributed by atoms with Crippen LogP contribution < -0.4 is 10.6 Å². The summed E-state index contributed by atoms with van der Waals surface area (Å²) in [6.07, 6.45) is 0. The van der Waals surface area contributed by atoms with E-state index in [1.165, 1.54) is 0 Å². The van der Waals surface area contributed by atoms with E-state index in [0.29, 0.717) is 5.69 Å². The number of hydrogen-bond acceptors (Lipinski definition) is 1. The minimum Gasteiger partial charge on any atom is -0.308 e. The van der Waals surface area contributed by atoms with E-state index in [4.69, 9.17) is 0 Å². The molecular formula is C15H14Br2N2O. The number of urea groups is 1. The summed E-state index contributed by atoms with van der Waals surface area (Å²) in [4.78, 5) is 12.0. The van der Waals surface area contributed by atoms with Crippen molar-refractivity contribution in [2.75, 3.05) is 10.6 Å². The van der Waals surface area contributed by atoms with Crippen molar-refractivity contribution in [3.05, 3.63) is 56.5 Å². The van der Waals surface area contributed by atoms with E-state index < -0.39 is 0 Å². The molecule has 2 amide bonds. The highest BCUT2D eigenvalue weighted by Crippen LogP contribution is 2.32. The number of benzene rings is 2. The molecule has 0 heterocycles. The van der Waals surface area contributed by atoms with Gasteiger partial charge in [-0.2, -0.15) is 0 Å². The summed E-state index contributed by atoms with van der Waals surface area (Å²) in [6, 6.07) is 11.3. The minimum atomic E-state index is -0.279. The molecule has 2 aromatic carbocycles. The molecule has 0 aliphatic heterocycles. The maximum atomic E-state index is 12.0. The maximum Gasteiger partial charge on any atom is 0.323 e. The highest BCUT2D eigenvalue weighted by molar-refractivity contribution is 9.11. The summed E-state index contributed by atoms with van der Waals surface area (Å²) < 4.78 is 1.67. The van der Waals surface area contributed by atoms with Gasteiger partial charge < -0.3 is 10.6 Å². The van der Waals surface area contributed by atoms with E-state index in [1.807, 2.05) is 50.2 Å². The van der Waals surface area contributed by atoms with Crippen molar-refractivity contribution in [2.45, 2.75) is 13.8 Å². The molecule has 0 radical (unpaired) electrons. The third kappa shape index (κ3) is 3.84. The summed E-state index contributed by atoms with van der Waals surface area (Å²) in [5.41, 5.74) is 3.72. The number of amides is 2. The predicted molar refractivity (Wildman–Crippen MR) is 90.4 cm³/mol. The van der Waals surface area contributed by atoms with Crippen LogP contribution in [0.2, 0.25) is 0 Å². The van der Waals surface area contributed by atoms with Gasteiger partial charge in [-0.3, -0.25) is 0 Å². The second-order valence-corrected chi connectivity index (χ2v) is 6.26. The lowest BCUT2D eigenvalue weighted by molar-refractivity contribution is 0.262. The number of nitrogens with one attached hydrogen (secondary N) is 2. The van der Waals surface area contributed by atoms with E-state index in [0.717, 1.165) is 25.8 Å². The Labute approximate surface area is 135 Å². The Balaban J connectivity index is 2.10. The lowest BCUT2D eigenvalue weighted by Crippen LogP contribution is -2.20. The Morgan fingerprint density at radius 1 is 0.900 bits per heavy atom. The molecule has 0 fully saturated rings. The van der Waals surface area contributed by atoms with Gasteiger partial charge in [0.1, 0.15) is 0 Å². The largest absolute Gasteiger partial charge is 0.323 e. The van der Waals surface area contributed by atoms with Gasteiger partial charge in [0, 0.05) is 14.6 Å². The molecule has 0 aromatic heterocycles. The number of carbonyl (C=O) groups is 1. The van der Waals surface area contributed by atoms with Crippen molar-refractivity contribution in [1.82, 2.24) is 0 Å². The average Bonchev–Trinajstić information content (AvgIpc) is 2.36. The molecule has 3 nitrogen and oxygen atoms in total. The van der Waals surface area contributed by atoms with Crippen LogP contribution in [0.3, 0.4) is 0 Å². The Kier molecular flexibility index (Phi) is 4.83. The zero-order valence-electron chi connectivity index (χ0n) is 11.1. The van der Waals surface area contributed by atoms with Crippen molar-refractivity contribution in [2.24, 2.45) is 0 Å². The summed E-state index contributed by atoms with van der Waals surface area (Å²) in [5.74, 6) is 0. The third-order valence-corrected chi connectivity index (χ3v) is 3.99. The summed E-state index contributed by atoms with van der Waals surface area (Å²) in [6.45, 7) is 4.00. The SMILES string of the molecule is Cc1ccc(NC(=O)Nc2c(Br)cc(C)cc2Br)cc1. The van der Waals surface area contributed by atoms with Crippen molar-refractivity contribution in [3.63, 3.8) is 0 Å². The van der Waals surface area contributed by atoms with Gasteiger partial charge in [0.05, 0.1) is 5.69 Å². The van der Waals surface area contributed by atoms with Crippen molar-refractivity contribution in [3.8, 4) is 0 Å². The molecule has 0 saturated carbocycles. The first-order valence-electron chi connectivity index (χ1n) is 6.06. The standard InChI is InChI=1S/C15H14Br2N2O/c1-9-3-5-11(6-4-9)18-15(20)19-14-12(16)7-10(2)8-13(14)17/h3-8H,1-2H3,(H2,18,19,20). The molecular weight excluding hydrogens is 384 g/mol. The second-order valence-electron chi connectivity index (χ2n) is 4.55. The van der Waals surface area contributed by atoms with Gasteiger partial charge in [-0.1, -0.05) is 17.7 Å². The fourth-order valence-electron chi connectivity index (χ4n) is 1.73. The highest BCUT2D eigenvalue weighted by Gasteiger charge is 2.10. The van der Waals surface area contributed by atoms with Gasteiger partial charge in [-0.25, -0.2) is 4.79 Å². The lowest BCUT2D eigenvalue weighted by atomic mass is 10.2. The van der Waals surface area contributed by atoms with Gasteiger partial charge in [-0.15, -0.1) is 0 Å². The predicted octanol–water partition coefficient (Wildman–Crippen LogP) is 5.47. The first kappa shape index (κ1) is 15.1. The molecule has 0 saturated heterocycles. The normalized spacial score (nSPS) is 10.2. The fraction of sp³-hybridized carbons (Fsp3) is 0.133. The zero-order valence-corrected chi connectivity index (χ0v) is 14.3. The molecule has 104 valence electrons. The van der Waals surface area contributed by atoms with Crippen LogP contribution in [0.1, 0.15) is 11.1 Å². The van der Waals surface area contributed by atoms with Gasteiger partial charge in [-0.05, 0) is 75.5 Å². The Bertz CT molecular complexity index is 616. The third-order valence-electron chi connectivity index (χ3n) is 2.73. The molecule has 0 aliphatic rings. The minimum absolute atomic E-state index is 0.279. The maximum absolute atomic E-state index is 12.0. The Morgan fingerprint density at radius 3 is 2.00 bits per heavy atom. The summed E-state index contributed by atoms with van der Waals surface area (Å²) in [7, 11) is 0. The Hall–Kier alpha value is -1.33. The van der Waals surface area contributed by atoms with Crippen LogP contribution in [-0.2, 0) is 0 Å². The molecule has 0 aliphatic carbocycles. The number of hydrogen-bond donors (Lipinski definition) is 2. The topological polar surface area (TPSA) is 41.1 Å². The molecule has 5 heteroatoms. The Morgan fingerprint density at radius 2 is 1.45 bits per heavy atom. The first-order valence-corrected chi connectivity index (χ1v) is 7.64.